The molecule has 102 valence electrons. The first-order valence-electron chi connectivity index (χ1n) is 6.93. The molecule has 0 saturated heterocycles. The first kappa shape index (κ1) is 12.9. The Bertz CT molecular complexity index is 710. The quantitative estimate of drug-likeness (QED) is 0.783. The largest absolute Gasteiger partial charge is 0.305 e. The highest BCUT2D eigenvalue weighted by Crippen LogP contribution is 2.24. The summed E-state index contributed by atoms with van der Waals surface area (Å²) in [5, 5.41) is 10.4. The summed E-state index contributed by atoms with van der Waals surface area (Å²) in [5.74, 6) is 0. The van der Waals surface area contributed by atoms with Gasteiger partial charge in [0, 0.05) is 25.8 Å². The summed E-state index contributed by atoms with van der Waals surface area (Å²) in [6.45, 7) is 3.03. The van der Waals surface area contributed by atoms with Crippen molar-refractivity contribution in [3.63, 3.8) is 0 Å². The maximum absolute atomic E-state index is 4.19. The van der Waals surface area contributed by atoms with Crippen LogP contribution in [0, 0.1) is 0 Å². The fourth-order valence-electron chi connectivity index (χ4n) is 2.57. The van der Waals surface area contributed by atoms with Crippen LogP contribution in [0.3, 0.4) is 0 Å². The number of nitrogens with one attached hydrogen (secondary N) is 1. The van der Waals surface area contributed by atoms with Crippen molar-refractivity contribution in [3.8, 4) is 0 Å². The Labute approximate surface area is 119 Å². The van der Waals surface area contributed by atoms with Crippen LogP contribution in [0.1, 0.15) is 24.2 Å². The standard InChI is InChI=1S/C17H19N3/c1-13(18-12-15-10-11-19-20(15)2)16-9-5-7-14-6-3-4-8-17(14)16/h3-11,13,18H,12H2,1-2H3. The lowest BCUT2D eigenvalue weighted by molar-refractivity contribution is 0.551. The molecule has 0 aliphatic heterocycles. The van der Waals surface area contributed by atoms with Gasteiger partial charge in [0.05, 0.1) is 5.69 Å². The van der Waals surface area contributed by atoms with Crippen molar-refractivity contribution < 1.29 is 0 Å². The van der Waals surface area contributed by atoms with Gasteiger partial charge in [-0.05, 0) is 29.3 Å². The number of hydrogen-bond acceptors (Lipinski definition) is 2. The normalized spacial score (nSPS) is 12.7. The van der Waals surface area contributed by atoms with Crippen molar-refractivity contribution in [2.75, 3.05) is 0 Å². The van der Waals surface area contributed by atoms with Crippen molar-refractivity contribution >= 4 is 10.8 Å². The smallest absolute Gasteiger partial charge is 0.0518 e. The van der Waals surface area contributed by atoms with E-state index in [-0.39, 0.29) is 0 Å². The fourth-order valence-corrected chi connectivity index (χ4v) is 2.57. The topological polar surface area (TPSA) is 29.9 Å². The van der Waals surface area contributed by atoms with Crippen LogP contribution in [0.25, 0.3) is 10.8 Å². The molecule has 1 N–H and O–H groups in total. The molecule has 1 atom stereocenters. The molecule has 1 aromatic heterocycles. The van der Waals surface area contributed by atoms with Crippen molar-refractivity contribution in [1.29, 1.82) is 0 Å². The zero-order chi connectivity index (χ0) is 13.9. The molecule has 2 aromatic carbocycles. The molecule has 20 heavy (non-hydrogen) atoms. The molecule has 0 amide bonds. The van der Waals surface area contributed by atoms with Gasteiger partial charge in [0.2, 0.25) is 0 Å². The summed E-state index contributed by atoms with van der Waals surface area (Å²) in [7, 11) is 1.97. The lowest BCUT2D eigenvalue weighted by atomic mass is 10.00. The third kappa shape index (κ3) is 2.45. The van der Waals surface area contributed by atoms with Crippen molar-refractivity contribution in [2.24, 2.45) is 7.05 Å². The van der Waals surface area contributed by atoms with Crippen LogP contribution in [-0.2, 0) is 13.6 Å². The monoisotopic (exact) mass is 265 g/mol. The molecule has 0 aliphatic rings. The summed E-state index contributed by atoms with van der Waals surface area (Å²) in [4.78, 5) is 0. The SMILES string of the molecule is CC(NCc1ccnn1C)c1cccc2ccccc12. The summed E-state index contributed by atoms with van der Waals surface area (Å²) in [6, 6.07) is 17.4. The van der Waals surface area contributed by atoms with E-state index in [0.717, 1.165) is 6.54 Å². The number of fused-ring (bicyclic) bond motifs is 1. The number of rotatable bonds is 4. The highest BCUT2D eigenvalue weighted by molar-refractivity contribution is 5.86. The minimum absolute atomic E-state index is 0.302. The van der Waals surface area contributed by atoms with Gasteiger partial charge in [-0.3, -0.25) is 4.68 Å². The minimum Gasteiger partial charge on any atom is -0.305 e. The minimum atomic E-state index is 0.302. The third-order valence-electron chi connectivity index (χ3n) is 3.80. The Kier molecular flexibility index (Phi) is 3.52. The number of hydrogen-bond donors (Lipinski definition) is 1. The first-order chi connectivity index (χ1) is 9.75. The van der Waals surface area contributed by atoms with Gasteiger partial charge < -0.3 is 5.32 Å². The maximum atomic E-state index is 4.19. The van der Waals surface area contributed by atoms with Gasteiger partial charge in [-0.1, -0.05) is 42.5 Å². The zero-order valence-corrected chi connectivity index (χ0v) is 11.9. The molecule has 0 fully saturated rings. The Morgan fingerprint density at radius 1 is 1.10 bits per heavy atom. The van der Waals surface area contributed by atoms with Crippen LogP contribution >= 0.6 is 0 Å². The Morgan fingerprint density at radius 2 is 1.90 bits per heavy atom. The third-order valence-corrected chi connectivity index (χ3v) is 3.80. The van der Waals surface area contributed by atoms with E-state index in [9.17, 15) is 0 Å². The van der Waals surface area contributed by atoms with E-state index in [2.05, 4.69) is 59.8 Å². The molecule has 3 rings (SSSR count). The second kappa shape index (κ2) is 5.47. The molecular weight excluding hydrogens is 246 g/mol. The van der Waals surface area contributed by atoms with Crippen molar-refractivity contribution in [1.82, 2.24) is 15.1 Å². The van der Waals surface area contributed by atoms with E-state index in [1.807, 2.05) is 24.0 Å². The molecular formula is C17H19N3. The number of aromatic nitrogens is 2. The summed E-state index contributed by atoms with van der Waals surface area (Å²) < 4.78 is 1.91. The van der Waals surface area contributed by atoms with E-state index < -0.39 is 0 Å². The molecule has 3 nitrogen and oxygen atoms in total. The number of aryl methyl sites for hydroxylation is 1. The Morgan fingerprint density at radius 3 is 2.70 bits per heavy atom. The van der Waals surface area contributed by atoms with Gasteiger partial charge in [-0.15, -0.1) is 0 Å². The molecule has 3 heteroatoms. The lowest BCUT2D eigenvalue weighted by Crippen LogP contribution is -2.20. The predicted octanol–water partition coefficient (Wildman–Crippen LogP) is 3.42. The van der Waals surface area contributed by atoms with Crippen LogP contribution in [0.15, 0.2) is 54.7 Å². The van der Waals surface area contributed by atoms with Crippen LogP contribution < -0.4 is 5.32 Å². The second-order valence-corrected chi connectivity index (χ2v) is 5.12. The van der Waals surface area contributed by atoms with Crippen LogP contribution in [0.4, 0.5) is 0 Å². The average molecular weight is 265 g/mol. The van der Waals surface area contributed by atoms with Gasteiger partial charge >= 0.3 is 0 Å². The molecule has 0 aliphatic carbocycles. The van der Waals surface area contributed by atoms with Gasteiger partial charge in [0.1, 0.15) is 0 Å². The first-order valence-corrected chi connectivity index (χ1v) is 6.93. The summed E-state index contributed by atoms with van der Waals surface area (Å²) in [5.41, 5.74) is 2.53. The van der Waals surface area contributed by atoms with Crippen molar-refractivity contribution in [2.45, 2.75) is 19.5 Å². The summed E-state index contributed by atoms with van der Waals surface area (Å²) in [6.07, 6.45) is 1.83. The Hall–Kier alpha value is -2.13. The van der Waals surface area contributed by atoms with Gasteiger partial charge in [-0.25, -0.2) is 0 Å². The summed E-state index contributed by atoms with van der Waals surface area (Å²) >= 11 is 0. The van der Waals surface area contributed by atoms with Gasteiger partial charge in [0.15, 0.2) is 0 Å². The maximum Gasteiger partial charge on any atom is 0.0518 e. The van der Waals surface area contributed by atoms with E-state index in [1.54, 1.807) is 0 Å². The Balaban J connectivity index is 1.82. The number of benzene rings is 2. The molecule has 1 unspecified atom stereocenters. The van der Waals surface area contributed by atoms with Crippen LogP contribution in [0.5, 0.6) is 0 Å². The van der Waals surface area contributed by atoms with E-state index in [4.69, 9.17) is 0 Å². The van der Waals surface area contributed by atoms with E-state index in [1.165, 1.54) is 22.0 Å². The van der Waals surface area contributed by atoms with Crippen LogP contribution in [0.2, 0.25) is 0 Å². The second-order valence-electron chi connectivity index (χ2n) is 5.12. The van der Waals surface area contributed by atoms with Gasteiger partial charge in [0.25, 0.3) is 0 Å². The fraction of sp³-hybridized carbons (Fsp3) is 0.235. The average Bonchev–Trinajstić information content (AvgIpc) is 2.89. The molecule has 0 bridgehead atoms. The van der Waals surface area contributed by atoms with Gasteiger partial charge in [-0.2, -0.15) is 5.10 Å². The lowest BCUT2D eigenvalue weighted by Gasteiger charge is -2.16. The molecule has 3 aromatic rings. The predicted molar refractivity (Wildman–Crippen MR) is 82.4 cm³/mol. The molecule has 0 saturated carbocycles. The molecule has 1 heterocycles. The van der Waals surface area contributed by atoms with E-state index >= 15 is 0 Å². The van der Waals surface area contributed by atoms with Crippen LogP contribution in [-0.4, -0.2) is 9.78 Å². The number of nitrogens with zero attached hydrogens (tertiary/aromatic N) is 2. The highest BCUT2D eigenvalue weighted by Gasteiger charge is 2.09. The van der Waals surface area contributed by atoms with E-state index in [0.29, 0.717) is 6.04 Å². The molecule has 0 radical (unpaired) electrons. The highest BCUT2D eigenvalue weighted by atomic mass is 15.3. The zero-order valence-electron chi connectivity index (χ0n) is 11.9. The molecule has 0 spiro atoms. The van der Waals surface area contributed by atoms with Crippen molar-refractivity contribution in [3.05, 3.63) is 66.0 Å².